The standard InChI is InChI=1S/C16H15N3O6/c20-14(17-9-11-1-3-12(4-2-11)16(22)23)7-8-18-10-13(19(24)25)5-6-15(18)21/h1-6,10H,7-9H2,(H,17,20)(H,22,23). The van der Waals surface area contributed by atoms with Crippen molar-refractivity contribution in [3.05, 3.63) is 74.2 Å². The van der Waals surface area contributed by atoms with E-state index in [9.17, 15) is 24.5 Å². The molecular formula is C16H15N3O6. The molecule has 2 N–H and O–H groups in total. The van der Waals surface area contributed by atoms with E-state index < -0.39 is 16.5 Å². The van der Waals surface area contributed by atoms with Gasteiger partial charge in [-0.05, 0) is 17.7 Å². The molecule has 0 aliphatic heterocycles. The number of rotatable bonds is 7. The second kappa shape index (κ2) is 7.86. The van der Waals surface area contributed by atoms with Crippen LogP contribution in [0.15, 0.2) is 47.4 Å². The summed E-state index contributed by atoms with van der Waals surface area (Å²) in [5.74, 6) is -1.36. The molecule has 0 saturated carbocycles. The van der Waals surface area contributed by atoms with E-state index in [4.69, 9.17) is 5.11 Å². The number of carbonyl (C=O) groups excluding carboxylic acids is 1. The highest BCUT2D eigenvalue weighted by Gasteiger charge is 2.09. The number of amides is 1. The number of carboxylic acid groups (broad SMARTS) is 1. The van der Waals surface area contributed by atoms with Gasteiger partial charge in [-0.15, -0.1) is 0 Å². The lowest BCUT2D eigenvalue weighted by Gasteiger charge is -2.07. The minimum absolute atomic E-state index is 0.0182. The van der Waals surface area contributed by atoms with Crippen LogP contribution in [0.2, 0.25) is 0 Å². The highest BCUT2D eigenvalue weighted by atomic mass is 16.6. The number of hydrogen-bond acceptors (Lipinski definition) is 5. The summed E-state index contributed by atoms with van der Waals surface area (Å²) in [7, 11) is 0. The zero-order valence-corrected chi connectivity index (χ0v) is 13.0. The van der Waals surface area contributed by atoms with Crippen molar-refractivity contribution in [3.63, 3.8) is 0 Å². The van der Waals surface area contributed by atoms with Gasteiger partial charge in [0.15, 0.2) is 0 Å². The van der Waals surface area contributed by atoms with Gasteiger partial charge in [-0.2, -0.15) is 0 Å². The van der Waals surface area contributed by atoms with E-state index in [1.165, 1.54) is 12.1 Å². The van der Waals surface area contributed by atoms with Crippen molar-refractivity contribution >= 4 is 17.6 Å². The lowest BCUT2D eigenvalue weighted by Crippen LogP contribution is -2.26. The molecule has 0 atom stereocenters. The van der Waals surface area contributed by atoms with Gasteiger partial charge in [0, 0.05) is 31.6 Å². The van der Waals surface area contributed by atoms with Gasteiger partial charge < -0.3 is 15.0 Å². The minimum atomic E-state index is -1.03. The quantitative estimate of drug-likeness (QED) is 0.572. The van der Waals surface area contributed by atoms with Gasteiger partial charge in [0.2, 0.25) is 5.91 Å². The van der Waals surface area contributed by atoms with Gasteiger partial charge in [0.1, 0.15) is 0 Å². The number of aromatic carboxylic acids is 1. The van der Waals surface area contributed by atoms with Gasteiger partial charge in [-0.25, -0.2) is 4.79 Å². The first kappa shape index (κ1) is 17.9. The predicted molar refractivity (Wildman–Crippen MR) is 87.2 cm³/mol. The SMILES string of the molecule is O=C(CCn1cc([N+](=O)[O-])ccc1=O)NCc1ccc(C(=O)O)cc1. The molecule has 0 saturated heterocycles. The molecule has 1 aromatic carbocycles. The molecule has 9 nitrogen and oxygen atoms in total. The second-order valence-corrected chi connectivity index (χ2v) is 5.20. The van der Waals surface area contributed by atoms with Crippen molar-refractivity contribution in [1.29, 1.82) is 0 Å². The zero-order valence-electron chi connectivity index (χ0n) is 13.0. The molecule has 9 heteroatoms. The molecule has 2 rings (SSSR count). The fourth-order valence-electron chi connectivity index (χ4n) is 2.08. The summed E-state index contributed by atoms with van der Waals surface area (Å²) < 4.78 is 1.11. The van der Waals surface area contributed by atoms with Crippen LogP contribution in [0.5, 0.6) is 0 Å². The average Bonchev–Trinajstić information content (AvgIpc) is 2.59. The number of pyridine rings is 1. The van der Waals surface area contributed by atoms with Gasteiger partial charge in [-0.3, -0.25) is 19.7 Å². The number of nitrogens with one attached hydrogen (secondary N) is 1. The first-order valence-electron chi connectivity index (χ1n) is 7.30. The third kappa shape index (κ3) is 4.99. The molecule has 1 aromatic heterocycles. The van der Waals surface area contributed by atoms with Crippen molar-refractivity contribution in [1.82, 2.24) is 9.88 Å². The van der Waals surface area contributed by atoms with Crippen molar-refractivity contribution < 1.29 is 19.6 Å². The van der Waals surface area contributed by atoms with Gasteiger partial charge in [0.25, 0.3) is 11.2 Å². The highest BCUT2D eigenvalue weighted by Crippen LogP contribution is 2.07. The van der Waals surface area contributed by atoms with Gasteiger partial charge in [-0.1, -0.05) is 12.1 Å². The molecule has 0 fully saturated rings. The molecule has 0 bridgehead atoms. The fraction of sp³-hybridized carbons (Fsp3) is 0.188. The molecule has 0 aliphatic carbocycles. The molecule has 1 heterocycles. The predicted octanol–water partition coefficient (Wildman–Crippen LogP) is 1.16. The Hall–Kier alpha value is -3.49. The number of carboxylic acids is 1. The fourth-order valence-corrected chi connectivity index (χ4v) is 2.08. The van der Waals surface area contributed by atoms with Crippen LogP contribution >= 0.6 is 0 Å². The first-order chi connectivity index (χ1) is 11.9. The topological polar surface area (TPSA) is 132 Å². The number of carbonyl (C=O) groups is 2. The van der Waals surface area contributed by atoms with E-state index in [1.54, 1.807) is 12.1 Å². The van der Waals surface area contributed by atoms with Crippen molar-refractivity contribution in [2.24, 2.45) is 0 Å². The second-order valence-electron chi connectivity index (χ2n) is 5.20. The molecule has 0 aliphatic rings. The minimum Gasteiger partial charge on any atom is -0.478 e. The normalized spacial score (nSPS) is 10.2. The van der Waals surface area contributed by atoms with Crippen LogP contribution < -0.4 is 10.9 Å². The number of nitrogens with zero attached hydrogens (tertiary/aromatic N) is 2. The maximum Gasteiger partial charge on any atom is 0.335 e. The Kier molecular flexibility index (Phi) is 5.62. The van der Waals surface area contributed by atoms with Crippen LogP contribution in [0.1, 0.15) is 22.3 Å². The molecule has 0 unspecified atom stereocenters. The summed E-state index contributed by atoms with van der Waals surface area (Å²) in [6.45, 7) is 0.229. The van der Waals surface area contributed by atoms with Crippen LogP contribution in [0.3, 0.4) is 0 Å². The van der Waals surface area contributed by atoms with Crippen LogP contribution in [0.25, 0.3) is 0 Å². The van der Waals surface area contributed by atoms with E-state index in [1.807, 2.05) is 0 Å². The van der Waals surface area contributed by atoms with Crippen molar-refractivity contribution in [2.45, 2.75) is 19.5 Å². The van der Waals surface area contributed by atoms with Crippen LogP contribution in [0.4, 0.5) is 5.69 Å². The lowest BCUT2D eigenvalue weighted by molar-refractivity contribution is -0.385. The smallest absolute Gasteiger partial charge is 0.335 e. The third-order valence-electron chi connectivity index (χ3n) is 3.45. The Morgan fingerprint density at radius 2 is 1.84 bits per heavy atom. The van der Waals surface area contributed by atoms with Gasteiger partial charge in [0.05, 0.1) is 16.7 Å². The Morgan fingerprint density at radius 1 is 1.16 bits per heavy atom. The monoisotopic (exact) mass is 345 g/mol. The molecule has 0 spiro atoms. The van der Waals surface area contributed by atoms with Crippen LogP contribution in [-0.4, -0.2) is 26.5 Å². The number of hydrogen-bond donors (Lipinski definition) is 2. The largest absolute Gasteiger partial charge is 0.478 e. The number of benzene rings is 1. The van der Waals surface area contributed by atoms with Crippen LogP contribution in [-0.2, 0) is 17.9 Å². The number of aryl methyl sites for hydroxylation is 1. The van der Waals surface area contributed by atoms with E-state index in [0.717, 1.165) is 28.5 Å². The van der Waals surface area contributed by atoms with E-state index in [-0.39, 0.29) is 36.7 Å². The molecule has 0 radical (unpaired) electrons. The highest BCUT2D eigenvalue weighted by molar-refractivity contribution is 5.87. The Labute approximate surface area is 141 Å². The van der Waals surface area contributed by atoms with Crippen molar-refractivity contribution in [3.8, 4) is 0 Å². The third-order valence-corrected chi connectivity index (χ3v) is 3.45. The number of aromatic nitrogens is 1. The van der Waals surface area contributed by atoms with Gasteiger partial charge >= 0.3 is 5.97 Å². The Bertz CT molecular complexity index is 857. The Morgan fingerprint density at radius 3 is 2.44 bits per heavy atom. The summed E-state index contributed by atoms with van der Waals surface area (Å²) in [4.78, 5) is 44.3. The number of nitro groups is 1. The summed E-state index contributed by atoms with van der Waals surface area (Å²) >= 11 is 0. The molecule has 130 valence electrons. The zero-order chi connectivity index (χ0) is 18.4. The van der Waals surface area contributed by atoms with E-state index in [2.05, 4.69) is 5.32 Å². The van der Waals surface area contributed by atoms with Crippen LogP contribution in [0, 0.1) is 10.1 Å². The maximum absolute atomic E-state index is 11.8. The average molecular weight is 345 g/mol. The Balaban J connectivity index is 1.88. The summed E-state index contributed by atoms with van der Waals surface area (Å²) in [6.07, 6.45) is 1.08. The summed E-state index contributed by atoms with van der Waals surface area (Å²) in [6, 6.07) is 8.25. The van der Waals surface area contributed by atoms with E-state index in [0.29, 0.717) is 0 Å². The summed E-state index contributed by atoms with van der Waals surface area (Å²) in [5, 5.41) is 22.1. The molecular weight excluding hydrogens is 330 g/mol. The van der Waals surface area contributed by atoms with E-state index >= 15 is 0 Å². The van der Waals surface area contributed by atoms with Crippen molar-refractivity contribution in [2.75, 3.05) is 0 Å². The lowest BCUT2D eigenvalue weighted by atomic mass is 10.1. The molecule has 25 heavy (non-hydrogen) atoms. The molecule has 1 amide bonds. The maximum atomic E-state index is 11.8. The molecule has 2 aromatic rings. The first-order valence-corrected chi connectivity index (χ1v) is 7.30. The summed E-state index contributed by atoms with van der Waals surface area (Å²) in [5.41, 5.74) is 0.229.